The highest BCUT2D eigenvalue weighted by molar-refractivity contribution is 6.06. The van der Waals surface area contributed by atoms with E-state index in [-0.39, 0.29) is 30.8 Å². The maximum absolute atomic E-state index is 13.9. The molecule has 2 unspecified atom stereocenters. The van der Waals surface area contributed by atoms with Crippen molar-refractivity contribution in [1.29, 1.82) is 0 Å². The van der Waals surface area contributed by atoms with E-state index in [1.54, 1.807) is 26.0 Å². The van der Waals surface area contributed by atoms with E-state index >= 15 is 0 Å². The van der Waals surface area contributed by atoms with E-state index in [0.717, 1.165) is 31.2 Å². The molecule has 3 amide bonds. The van der Waals surface area contributed by atoms with Crippen LogP contribution in [0.3, 0.4) is 0 Å². The van der Waals surface area contributed by atoms with Crippen LogP contribution in [0.5, 0.6) is 0 Å². The minimum Gasteiger partial charge on any atom is -0.436 e. The first-order valence-electron chi connectivity index (χ1n) is 14.4. The zero-order valence-corrected chi connectivity index (χ0v) is 23.2. The van der Waals surface area contributed by atoms with Gasteiger partial charge in [0.05, 0.1) is 12.1 Å². The molecule has 2 atom stereocenters. The van der Waals surface area contributed by atoms with Gasteiger partial charge in [-0.15, -0.1) is 0 Å². The summed E-state index contributed by atoms with van der Waals surface area (Å²) in [6.07, 6.45) is 8.40. The van der Waals surface area contributed by atoms with Crippen LogP contribution in [0.4, 0.5) is 4.79 Å². The molecule has 212 valence electrons. The van der Waals surface area contributed by atoms with Gasteiger partial charge in [-0.05, 0) is 69.8 Å². The SMILES string of the molecule is CC(C)(N)C(=O)NC1C=CC2=C(CCC23CN(CC(=O)N(Cc2ccccc2)C(C2CC2)C2CC2)C(=O)O3)C1=O. The number of carbonyl (C=O) groups excluding carboxylic acids is 4. The van der Waals surface area contributed by atoms with Crippen molar-refractivity contribution in [2.75, 3.05) is 13.1 Å². The number of nitrogens with two attached hydrogens (primary N) is 1. The first-order chi connectivity index (χ1) is 19.1. The number of nitrogens with one attached hydrogen (secondary N) is 1. The van der Waals surface area contributed by atoms with Gasteiger partial charge in [-0.3, -0.25) is 19.3 Å². The number of benzene rings is 1. The average Bonchev–Trinajstić information content (AvgIpc) is 3.85. The van der Waals surface area contributed by atoms with Crippen molar-refractivity contribution in [3.8, 4) is 0 Å². The lowest BCUT2D eigenvalue weighted by molar-refractivity contribution is -0.136. The lowest BCUT2D eigenvalue weighted by Gasteiger charge is -2.33. The molecular weight excluding hydrogens is 508 g/mol. The summed E-state index contributed by atoms with van der Waals surface area (Å²) < 4.78 is 5.94. The lowest BCUT2D eigenvalue weighted by Crippen LogP contribution is -2.54. The molecule has 0 radical (unpaired) electrons. The molecule has 6 rings (SSSR count). The third kappa shape index (κ3) is 5.07. The molecule has 40 heavy (non-hydrogen) atoms. The van der Waals surface area contributed by atoms with Crippen LogP contribution >= 0.6 is 0 Å². The van der Waals surface area contributed by atoms with Crippen LogP contribution in [0.25, 0.3) is 0 Å². The number of Topliss-reactive ketones (excluding diaryl/α,β-unsaturated/α-hetero) is 1. The Bertz CT molecular complexity index is 1280. The van der Waals surface area contributed by atoms with Crippen molar-refractivity contribution in [2.24, 2.45) is 17.6 Å². The Labute approximate surface area is 234 Å². The van der Waals surface area contributed by atoms with Crippen molar-refractivity contribution < 1.29 is 23.9 Å². The third-order valence-electron chi connectivity index (χ3n) is 8.90. The van der Waals surface area contributed by atoms with Gasteiger partial charge in [0, 0.05) is 23.7 Å². The second kappa shape index (κ2) is 9.87. The summed E-state index contributed by atoms with van der Waals surface area (Å²) in [5.41, 5.74) is 6.13. The van der Waals surface area contributed by atoms with Gasteiger partial charge in [-0.1, -0.05) is 42.5 Å². The lowest BCUT2D eigenvalue weighted by atomic mass is 9.88. The molecule has 5 aliphatic rings. The monoisotopic (exact) mass is 546 g/mol. The number of nitrogens with zero attached hydrogens (tertiary/aromatic N) is 2. The van der Waals surface area contributed by atoms with E-state index in [1.807, 2.05) is 35.2 Å². The maximum atomic E-state index is 13.9. The van der Waals surface area contributed by atoms with E-state index in [0.29, 0.717) is 42.4 Å². The molecular formula is C31H38N4O5. The fraction of sp³-hybridized carbons (Fsp3) is 0.548. The highest BCUT2D eigenvalue weighted by atomic mass is 16.6. The Morgan fingerprint density at radius 2 is 1.82 bits per heavy atom. The molecule has 9 nitrogen and oxygen atoms in total. The molecule has 1 spiro atoms. The summed E-state index contributed by atoms with van der Waals surface area (Å²) >= 11 is 0. The Morgan fingerprint density at radius 1 is 1.15 bits per heavy atom. The second-order valence-corrected chi connectivity index (χ2v) is 12.7. The van der Waals surface area contributed by atoms with Gasteiger partial charge in [-0.2, -0.15) is 0 Å². The molecule has 1 saturated heterocycles. The van der Waals surface area contributed by atoms with Gasteiger partial charge < -0.3 is 20.7 Å². The number of amides is 3. The van der Waals surface area contributed by atoms with Crippen LogP contribution in [0.1, 0.15) is 57.9 Å². The highest BCUT2D eigenvalue weighted by Gasteiger charge is 2.54. The van der Waals surface area contributed by atoms with Gasteiger partial charge in [0.2, 0.25) is 11.8 Å². The summed E-state index contributed by atoms with van der Waals surface area (Å²) in [6.45, 7) is 3.87. The van der Waals surface area contributed by atoms with Crippen molar-refractivity contribution in [1.82, 2.24) is 15.1 Å². The first kappa shape index (κ1) is 26.7. The number of fused-ring (bicyclic) bond motifs is 1. The summed E-state index contributed by atoms with van der Waals surface area (Å²) in [6, 6.07) is 9.44. The smallest absolute Gasteiger partial charge is 0.411 e. The molecule has 9 heteroatoms. The molecule has 3 N–H and O–H groups in total. The molecule has 3 fully saturated rings. The van der Waals surface area contributed by atoms with E-state index in [4.69, 9.17) is 10.5 Å². The summed E-state index contributed by atoms with van der Waals surface area (Å²) in [5, 5.41) is 2.71. The number of carbonyl (C=O) groups is 4. The van der Waals surface area contributed by atoms with Crippen LogP contribution in [0.15, 0.2) is 53.6 Å². The van der Waals surface area contributed by atoms with E-state index < -0.39 is 29.2 Å². The van der Waals surface area contributed by atoms with Crippen LogP contribution < -0.4 is 11.1 Å². The van der Waals surface area contributed by atoms with Crippen LogP contribution in [0.2, 0.25) is 0 Å². The molecule has 1 aliphatic heterocycles. The zero-order chi connectivity index (χ0) is 28.2. The van der Waals surface area contributed by atoms with E-state index in [9.17, 15) is 19.2 Å². The van der Waals surface area contributed by atoms with E-state index in [1.165, 1.54) is 4.90 Å². The quantitative estimate of drug-likeness (QED) is 0.491. The fourth-order valence-electron chi connectivity index (χ4n) is 6.48. The van der Waals surface area contributed by atoms with Crippen molar-refractivity contribution in [2.45, 2.75) is 82.1 Å². The minimum absolute atomic E-state index is 0.0477. The van der Waals surface area contributed by atoms with Gasteiger partial charge in [0.1, 0.15) is 12.6 Å². The zero-order valence-electron chi connectivity index (χ0n) is 23.2. The Morgan fingerprint density at radius 3 is 2.45 bits per heavy atom. The van der Waals surface area contributed by atoms with Crippen LogP contribution in [0, 0.1) is 11.8 Å². The average molecular weight is 547 g/mol. The van der Waals surface area contributed by atoms with Gasteiger partial charge in [0.25, 0.3) is 0 Å². The predicted octanol–water partition coefficient (Wildman–Crippen LogP) is 2.85. The van der Waals surface area contributed by atoms with Crippen LogP contribution in [-0.2, 0) is 25.7 Å². The predicted molar refractivity (Wildman–Crippen MR) is 148 cm³/mol. The van der Waals surface area contributed by atoms with Gasteiger partial charge >= 0.3 is 6.09 Å². The van der Waals surface area contributed by atoms with Gasteiger partial charge in [-0.25, -0.2) is 4.79 Å². The number of hydrogen-bond acceptors (Lipinski definition) is 6. The normalized spacial score (nSPS) is 26.0. The fourth-order valence-corrected chi connectivity index (χ4v) is 6.48. The topological polar surface area (TPSA) is 122 Å². The molecule has 0 bridgehead atoms. The summed E-state index contributed by atoms with van der Waals surface area (Å²) in [4.78, 5) is 56.1. The van der Waals surface area contributed by atoms with Crippen molar-refractivity contribution >= 4 is 23.7 Å². The largest absolute Gasteiger partial charge is 0.436 e. The number of rotatable bonds is 9. The number of ether oxygens (including phenoxy) is 1. The number of hydrogen-bond donors (Lipinski definition) is 2. The Kier molecular flexibility index (Phi) is 6.60. The minimum atomic E-state index is -1.11. The molecule has 1 aromatic rings. The molecule has 4 aliphatic carbocycles. The summed E-state index contributed by atoms with van der Waals surface area (Å²) in [5.74, 6) is 0.395. The first-order valence-corrected chi connectivity index (χ1v) is 14.4. The standard InChI is InChI=1S/C31H38N4O5/c1-30(2,32)28(38)33-24-13-12-23-22(27(24)37)14-15-31(23)18-34(29(39)40-31)17-25(36)35(16-19-6-4-3-5-7-19)26(20-8-9-20)21-10-11-21/h3-7,12-13,20-21,24,26H,8-11,14-18,32H2,1-2H3,(H,33,38). The molecule has 2 saturated carbocycles. The van der Waals surface area contributed by atoms with Crippen LogP contribution in [-0.4, -0.2) is 69.8 Å². The van der Waals surface area contributed by atoms with Crippen molar-refractivity contribution in [3.05, 3.63) is 59.2 Å². The summed E-state index contributed by atoms with van der Waals surface area (Å²) in [7, 11) is 0. The highest BCUT2D eigenvalue weighted by Crippen LogP contribution is 2.48. The molecule has 1 heterocycles. The third-order valence-corrected chi connectivity index (χ3v) is 8.90. The Balaban J connectivity index is 1.17. The molecule has 1 aromatic carbocycles. The number of ketones is 1. The van der Waals surface area contributed by atoms with Gasteiger partial charge in [0.15, 0.2) is 11.4 Å². The Hall–Kier alpha value is -3.46. The van der Waals surface area contributed by atoms with E-state index in [2.05, 4.69) is 5.32 Å². The van der Waals surface area contributed by atoms with Crippen molar-refractivity contribution in [3.63, 3.8) is 0 Å². The molecule has 0 aromatic heterocycles. The second-order valence-electron chi connectivity index (χ2n) is 12.7. The maximum Gasteiger partial charge on any atom is 0.411 e.